The van der Waals surface area contributed by atoms with E-state index in [4.69, 9.17) is 4.74 Å². The van der Waals surface area contributed by atoms with Gasteiger partial charge in [0.1, 0.15) is 9.21 Å². The maximum atomic E-state index is 12.1. The molecule has 1 aromatic heterocycles. The molecule has 0 radical (unpaired) electrons. The fourth-order valence-corrected chi connectivity index (χ4v) is 2.90. The average Bonchev–Trinajstić information content (AvgIpc) is 2.81. The van der Waals surface area contributed by atoms with E-state index in [2.05, 4.69) is 47.1 Å². The van der Waals surface area contributed by atoms with E-state index in [0.717, 1.165) is 12.8 Å². The van der Waals surface area contributed by atoms with Crippen molar-refractivity contribution in [3.63, 3.8) is 0 Å². The summed E-state index contributed by atoms with van der Waals surface area (Å²) >= 11 is 6.48. The summed E-state index contributed by atoms with van der Waals surface area (Å²) in [5.41, 5.74) is 0. The highest BCUT2D eigenvalue weighted by Gasteiger charge is 2.33. The molecule has 1 fully saturated rings. The van der Waals surface area contributed by atoms with E-state index >= 15 is 0 Å². The van der Waals surface area contributed by atoms with Gasteiger partial charge in [0.15, 0.2) is 5.82 Å². The first-order valence-electron chi connectivity index (χ1n) is 5.72. The Morgan fingerprint density at radius 2 is 2.39 bits per heavy atom. The fourth-order valence-electron chi connectivity index (χ4n) is 1.99. The molecule has 7 heteroatoms. The smallest absolute Gasteiger partial charge is 0.231 e. The predicted molar refractivity (Wildman–Crippen MR) is 74.2 cm³/mol. The number of carbonyl (C=O) groups excluding carboxylic acids is 1. The van der Waals surface area contributed by atoms with Crippen LogP contribution in [-0.4, -0.2) is 28.6 Å². The zero-order valence-corrected chi connectivity index (χ0v) is 13.0. The van der Waals surface area contributed by atoms with Crippen LogP contribution < -0.4 is 5.32 Å². The quantitative estimate of drug-likeness (QED) is 0.878. The van der Waals surface area contributed by atoms with Crippen LogP contribution in [0.15, 0.2) is 15.4 Å². The molecular formula is C11H13Br2N3O2. The summed E-state index contributed by atoms with van der Waals surface area (Å²) in [5, 5.41) is 2.78. The fraction of sp³-hybridized carbons (Fsp3) is 0.545. The van der Waals surface area contributed by atoms with Crippen molar-refractivity contribution in [1.29, 1.82) is 0 Å². The third-order valence-corrected chi connectivity index (χ3v) is 3.83. The third-order valence-electron chi connectivity index (χ3n) is 2.89. The van der Waals surface area contributed by atoms with Gasteiger partial charge >= 0.3 is 0 Å². The second-order valence-electron chi connectivity index (χ2n) is 4.03. The van der Waals surface area contributed by atoms with Crippen molar-refractivity contribution >= 4 is 43.6 Å². The van der Waals surface area contributed by atoms with E-state index in [1.54, 1.807) is 6.20 Å². The maximum absolute atomic E-state index is 12.1. The number of halogens is 2. The van der Waals surface area contributed by atoms with Crippen LogP contribution in [-0.2, 0) is 9.53 Å². The number of rotatable bonds is 3. The highest BCUT2D eigenvalue weighted by atomic mass is 79.9. The molecule has 1 N–H and O–H groups in total. The normalized spacial score (nSPS) is 23.1. The molecule has 1 aromatic rings. The van der Waals surface area contributed by atoms with Crippen LogP contribution in [0.5, 0.6) is 0 Å². The molecule has 2 rings (SSSR count). The third kappa shape index (κ3) is 3.07. The van der Waals surface area contributed by atoms with E-state index in [1.165, 1.54) is 0 Å². The number of amides is 1. The zero-order chi connectivity index (χ0) is 13.1. The highest BCUT2D eigenvalue weighted by molar-refractivity contribution is 9.11. The minimum Gasteiger partial charge on any atom is -0.377 e. The van der Waals surface area contributed by atoms with E-state index in [0.29, 0.717) is 21.6 Å². The van der Waals surface area contributed by atoms with Gasteiger partial charge in [-0.15, -0.1) is 0 Å². The Kier molecular flexibility index (Phi) is 4.69. The van der Waals surface area contributed by atoms with Crippen molar-refractivity contribution < 1.29 is 9.53 Å². The molecule has 2 atom stereocenters. The molecule has 18 heavy (non-hydrogen) atoms. The Labute approximate surface area is 122 Å². The molecule has 0 aliphatic carbocycles. The van der Waals surface area contributed by atoms with Crippen molar-refractivity contribution in [3.8, 4) is 0 Å². The SMILES string of the molecule is CCC1OCCC1C(=O)Nc1ncc(Br)nc1Br. The lowest BCUT2D eigenvalue weighted by Gasteiger charge is -2.16. The van der Waals surface area contributed by atoms with Crippen molar-refractivity contribution in [2.75, 3.05) is 11.9 Å². The molecule has 2 heterocycles. The lowest BCUT2D eigenvalue weighted by Crippen LogP contribution is -2.29. The Hall–Kier alpha value is -0.530. The van der Waals surface area contributed by atoms with Gasteiger partial charge in [-0.3, -0.25) is 4.79 Å². The standard InChI is InChI=1S/C11H13Br2N3O2/c1-2-7-6(3-4-18-7)11(17)16-10-9(13)15-8(12)5-14-10/h5-7H,2-4H2,1H3,(H,14,16,17). The van der Waals surface area contributed by atoms with Gasteiger partial charge in [-0.05, 0) is 44.7 Å². The second kappa shape index (κ2) is 6.08. The number of nitrogens with one attached hydrogen (secondary N) is 1. The van der Waals surface area contributed by atoms with Gasteiger partial charge in [0.05, 0.1) is 18.2 Å². The number of hydrogen-bond acceptors (Lipinski definition) is 4. The first-order valence-corrected chi connectivity index (χ1v) is 7.31. The van der Waals surface area contributed by atoms with Gasteiger partial charge < -0.3 is 10.1 Å². The van der Waals surface area contributed by atoms with Gasteiger partial charge in [0.25, 0.3) is 0 Å². The molecule has 1 saturated heterocycles. The topological polar surface area (TPSA) is 64.1 Å². The first kappa shape index (κ1) is 13.9. The number of ether oxygens (including phenoxy) is 1. The van der Waals surface area contributed by atoms with Crippen molar-refractivity contribution in [3.05, 3.63) is 15.4 Å². The molecule has 0 aromatic carbocycles. The number of carbonyl (C=O) groups is 1. The van der Waals surface area contributed by atoms with Crippen LogP contribution >= 0.6 is 31.9 Å². The number of aromatic nitrogens is 2. The molecule has 0 bridgehead atoms. The summed E-state index contributed by atoms with van der Waals surface area (Å²) in [6.07, 6.45) is 3.15. The number of hydrogen-bond donors (Lipinski definition) is 1. The highest BCUT2D eigenvalue weighted by Crippen LogP contribution is 2.26. The Bertz CT molecular complexity index is 456. The van der Waals surface area contributed by atoms with Crippen LogP contribution in [0, 0.1) is 5.92 Å². The predicted octanol–water partition coefficient (Wildman–Crippen LogP) is 2.76. The summed E-state index contributed by atoms with van der Waals surface area (Å²) in [4.78, 5) is 20.4. The van der Waals surface area contributed by atoms with E-state index in [9.17, 15) is 4.79 Å². The Morgan fingerprint density at radius 1 is 1.61 bits per heavy atom. The van der Waals surface area contributed by atoms with Crippen molar-refractivity contribution in [1.82, 2.24) is 9.97 Å². The molecule has 0 saturated carbocycles. The largest absolute Gasteiger partial charge is 0.377 e. The molecule has 1 amide bonds. The van der Waals surface area contributed by atoms with E-state index in [-0.39, 0.29) is 17.9 Å². The number of anilines is 1. The summed E-state index contributed by atoms with van der Waals surface area (Å²) < 4.78 is 6.63. The van der Waals surface area contributed by atoms with Crippen LogP contribution in [0.3, 0.4) is 0 Å². The summed E-state index contributed by atoms with van der Waals surface area (Å²) in [5.74, 6) is 0.272. The Morgan fingerprint density at radius 3 is 3.06 bits per heavy atom. The molecular weight excluding hydrogens is 366 g/mol. The van der Waals surface area contributed by atoms with E-state index < -0.39 is 0 Å². The summed E-state index contributed by atoms with van der Waals surface area (Å²) in [6.45, 7) is 2.66. The van der Waals surface area contributed by atoms with Gasteiger partial charge in [-0.1, -0.05) is 6.92 Å². The zero-order valence-electron chi connectivity index (χ0n) is 9.82. The minimum absolute atomic E-state index is 0.00665. The molecule has 0 spiro atoms. The van der Waals surface area contributed by atoms with Crippen LogP contribution in [0.4, 0.5) is 5.82 Å². The van der Waals surface area contributed by atoms with Gasteiger partial charge in [-0.2, -0.15) is 0 Å². The number of nitrogens with zero attached hydrogens (tertiary/aromatic N) is 2. The molecule has 2 unspecified atom stereocenters. The molecule has 98 valence electrons. The lowest BCUT2D eigenvalue weighted by atomic mass is 9.99. The van der Waals surface area contributed by atoms with Gasteiger partial charge in [0.2, 0.25) is 5.91 Å². The van der Waals surface area contributed by atoms with Gasteiger partial charge in [-0.25, -0.2) is 9.97 Å². The lowest BCUT2D eigenvalue weighted by molar-refractivity contribution is -0.121. The Balaban J connectivity index is 2.07. The van der Waals surface area contributed by atoms with Crippen molar-refractivity contribution in [2.45, 2.75) is 25.9 Å². The summed E-state index contributed by atoms with van der Waals surface area (Å²) in [6, 6.07) is 0. The monoisotopic (exact) mass is 377 g/mol. The second-order valence-corrected chi connectivity index (χ2v) is 5.60. The molecule has 5 nitrogen and oxygen atoms in total. The van der Waals surface area contributed by atoms with Gasteiger partial charge in [0, 0.05) is 6.61 Å². The minimum atomic E-state index is -0.104. The van der Waals surface area contributed by atoms with E-state index in [1.807, 2.05) is 6.92 Å². The van der Waals surface area contributed by atoms with Crippen LogP contribution in [0.1, 0.15) is 19.8 Å². The van der Waals surface area contributed by atoms with Crippen LogP contribution in [0.25, 0.3) is 0 Å². The first-order chi connectivity index (χ1) is 8.61. The van der Waals surface area contributed by atoms with Crippen LogP contribution in [0.2, 0.25) is 0 Å². The summed E-state index contributed by atoms with van der Waals surface area (Å²) in [7, 11) is 0. The average molecular weight is 379 g/mol. The molecule has 1 aliphatic rings. The van der Waals surface area contributed by atoms with Crippen molar-refractivity contribution in [2.24, 2.45) is 5.92 Å². The maximum Gasteiger partial charge on any atom is 0.231 e. The molecule has 1 aliphatic heterocycles.